The number of amides is 2. The lowest BCUT2D eigenvalue weighted by atomic mass is 9.94. The van der Waals surface area contributed by atoms with Crippen LogP contribution in [0.15, 0.2) is 42.5 Å². The lowest BCUT2D eigenvalue weighted by Gasteiger charge is -2.34. The number of ether oxygens (including phenoxy) is 1. The second kappa shape index (κ2) is 11.2. The van der Waals surface area contributed by atoms with Crippen molar-refractivity contribution in [3.05, 3.63) is 74.7 Å². The van der Waals surface area contributed by atoms with E-state index in [2.05, 4.69) is 10.3 Å². The summed E-state index contributed by atoms with van der Waals surface area (Å²) in [6.45, 7) is 7.72. The number of anilines is 1. The van der Waals surface area contributed by atoms with Crippen molar-refractivity contribution in [2.45, 2.75) is 71.9 Å². The van der Waals surface area contributed by atoms with Gasteiger partial charge >= 0.3 is 0 Å². The maximum absolute atomic E-state index is 14.3. The first kappa shape index (κ1) is 25.9. The summed E-state index contributed by atoms with van der Waals surface area (Å²) < 4.78 is 5.36. The van der Waals surface area contributed by atoms with Crippen molar-refractivity contribution in [1.82, 2.24) is 10.3 Å². The van der Waals surface area contributed by atoms with Crippen LogP contribution in [0.4, 0.5) is 5.69 Å². The molecule has 1 aliphatic rings. The zero-order chi connectivity index (χ0) is 25.8. The number of rotatable bonds is 7. The van der Waals surface area contributed by atoms with Crippen LogP contribution in [0.3, 0.4) is 0 Å². The van der Waals surface area contributed by atoms with Gasteiger partial charge in [0.05, 0.1) is 17.8 Å². The fourth-order valence-electron chi connectivity index (χ4n) is 4.91. The van der Waals surface area contributed by atoms with E-state index in [1.165, 1.54) is 17.8 Å². The first-order valence-corrected chi connectivity index (χ1v) is 13.4. The van der Waals surface area contributed by atoms with E-state index < -0.39 is 6.04 Å². The fourth-order valence-corrected chi connectivity index (χ4v) is 5.77. The lowest BCUT2D eigenvalue weighted by Crippen LogP contribution is -2.47. The molecule has 1 N–H and O–H groups in total. The molecule has 2 aromatic carbocycles. The molecule has 2 amide bonds. The van der Waals surface area contributed by atoms with Crippen LogP contribution >= 0.6 is 11.3 Å². The van der Waals surface area contributed by atoms with Crippen LogP contribution in [0.5, 0.6) is 5.75 Å². The molecule has 0 bridgehead atoms. The highest BCUT2D eigenvalue weighted by atomic mass is 32.1. The Balaban J connectivity index is 1.86. The van der Waals surface area contributed by atoms with Crippen molar-refractivity contribution < 1.29 is 14.3 Å². The average molecular weight is 506 g/mol. The summed E-state index contributed by atoms with van der Waals surface area (Å²) in [6, 6.07) is 12.7. The van der Waals surface area contributed by atoms with Crippen molar-refractivity contribution in [2.75, 3.05) is 12.0 Å². The van der Waals surface area contributed by atoms with E-state index in [-0.39, 0.29) is 17.9 Å². The van der Waals surface area contributed by atoms with E-state index in [1.54, 1.807) is 12.0 Å². The summed E-state index contributed by atoms with van der Waals surface area (Å²) in [7, 11) is 1.61. The summed E-state index contributed by atoms with van der Waals surface area (Å²) in [5, 5.41) is 4.10. The highest BCUT2D eigenvalue weighted by molar-refractivity contribution is 7.13. The number of thiazole rings is 1. The van der Waals surface area contributed by atoms with Gasteiger partial charge in [0.25, 0.3) is 5.91 Å². The van der Waals surface area contributed by atoms with Crippen molar-refractivity contribution in [3.63, 3.8) is 0 Å². The van der Waals surface area contributed by atoms with Crippen LogP contribution in [0.1, 0.15) is 75.2 Å². The number of nitrogens with one attached hydrogen (secondary N) is 1. The smallest absolute Gasteiger partial charge is 0.271 e. The van der Waals surface area contributed by atoms with Gasteiger partial charge in [-0.1, -0.05) is 43.5 Å². The number of hydrogen-bond acceptors (Lipinski definition) is 5. The Morgan fingerprint density at radius 3 is 2.33 bits per heavy atom. The summed E-state index contributed by atoms with van der Waals surface area (Å²) in [5.41, 5.74) is 4.09. The average Bonchev–Trinajstić information content (AvgIpc) is 3.22. The molecule has 1 unspecified atom stereocenters. The van der Waals surface area contributed by atoms with Crippen LogP contribution in [-0.2, 0) is 4.79 Å². The van der Waals surface area contributed by atoms with E-state index in [0.29, 0.717) is 16.3 Å². The standard InChI is InChI=1S/C29H35N3O3S/c1-18-11-12-19(2)25(17-18)32(29(34)27-20(3)30-21(4)36-27)26(22-13-15-24(35-5)16-14-22)28(33)31-23-9-7-6-8-10-23/h11-17,23,26H,6-10H2,1-5H3,(H,31,33). The Morgan fingerprint density at radius 1 is 1.03 bits per heavy atom. The molecule has 7 heteroatoms. The SMILES string of the molecule is COc1ccc(C(C(=O)NC2CCCCC2)N(C(=O)c2sc(C)nc2C)c2cc(C)ccc2C)cc1. The molecule has 3 aromatic rings. The molecule has 1 heterocycles. The molecule has 4 rings (SSSR count). The topological polar surface area (TPSA) is 71.5 Å². The van der Waals surface area contributed by atoms with E-state index >= 15 is 0 Å². The zero-order valence-corrected chi connectivity index (χ0v) is 22.6. The predicted molar refractivity (Wildman–Crippen MR) is 145 cm³/mol. The quantitative estimate of drug-likeness (QED) is 0.414. The van der Waals surface area contributed by atoms with Gasteiger partial charge in [0.15, 0.2) is 0 Å². The Labute approximate surface area is 217 Å². The second-order valence-corrected chi connectivity index (χ2v) is 10.8. The summed E-state index contributed by atoms with van der Waals surface area (Å²) in [6.07, 6.45) is 5.34. The number of benzene rings is 2. The minimum absolute atomic E-state index is 0.120. The maximum atomic E-state index is 14.3. The number of aromatic nitrogens is 1. The normalized spacial score (nSPS) is 14.8. The number of hydrogen-bond donors (Lipinski definition) is 1. The van der Waals surface area contributed by atoms with Crippen LogP contribution in [0.2, 0.25) is 0 Å². The van der Waals surface area contributed by atoms with Gasteiger partial charge in [-0.2, -0.15) is 0 Å². The van der Waals surface area contributed by atoms with E-state index in [0.717, 1.165) is 53.1 Å². The Bertz CT molecular complexity index is 1230. The first-order chi connectivity index (χ1) is 17.3. The molecular weight excluding hydrogens is 470 g/mol. The Morgan fingerprint density at radius 2 is 1.72 bits per heavy atom. The molecule has 1 fully saturated rings. The highest BCUT2D eigenvalue weighted by Crippen LogP contribution is 2.35. The van der Waals surface area contributed by atoms with Crippen molar-refractivity contribution >= 4 is 28.8 Å². The number of methoxy groups -OCH3 is 1. The molecule has 1 atom stereocenters. The monoisotopic (exact) mass is 505 g/mol. The number of carbonyl (C=O) groups is 2. The third-order valence-electron chi connectivity index (χ3n) is 6.83. The molecule has 0 radical (unpaired) electrons. The summed E-state index contributed by atoms with van der Waals surface area (Å²) in [5.74, 6) is 0.315. The van der Waals surface area contributed by atoms with E-state index in [9.17, 15) is 9.59 Å². The van der Waals surface area contributed by atoms with Crippen molar-refractivity contribution in [3.8, 4) is 5.75 Å². The molecule has 190 valence electrons. The first-order valence-electron chi connectivity index (χ1n) is 12.6. The van der Waals surface area contributed by atoms with Gasteiger partial charge in [0.1, 0.15) is 16.7 Å². The van der Waals surface area contributed by atoms with Gasteiger partial charge in [0, 0.05) is 11.7 Å². The molecule has 1 saturated carbocycles. The van der Waals surface area contributed by atoms with Crippen LogP contribution in [-0.4, -0.2) is 29.9 Å². The lowest BCUT2D eigenvalue weighted by molar-refractivity contribution is -0.123. The molecule has 6 nitrogen and oxygen atoms in total. The predicted octanol–water partition coefficient (Wildman–Crippen LogP) is 6.22. The largest absolute Gasteiger partial charge is 0.497 e. The molecular formula is C29H35N3O3S. The second-order valence-electron chi connectivity index (χ2n) is 9.63. The summed E-state index contributed by atoms with van der Waals surface area (Å²) >= 11 is 1.37. The molecule has 1 aliphatic carbocycles. The Hall–Kier alpha value is -3.19. The van der Waals surface area contributed by atoms with Crippen LogP contribution < -0.4 is 15.0 Å². The fraction of sp³-hybridized carbons (Fsp3) is 0.414. The minimum atomic E-state index is -0.840. The minimum Gasteiger partial charge on any atom is -0.497 e. The van der Waals surface area contributed by atoms with Gasteiger partial charge in [0.2, 0.25) is 5.91 Å². The van der Waals surface area contributed by atoms with E-state index in [4.69, 9.17) is 4.74 Å². The third kappa shape index (κ3) is 5.62. The third-order valence-corrected chi connectivity index (χ3v) is 7.89. The molecule has 0 saturated heterocycles. The molecule has 1 aromatic heterocycles. The van der Waals surface area contributed by atoms with Crippen molar-refractivity contribution in [2.24, 2.45) is 0 Å². The number of aryl methyl sites for hydroxylation is 4. The Kier molecular flexibility index (Phi) is 8.09. The van der Waals surface area contributed by atoms with Gasteiger partial charge < -0.3 is 10.1 Å². The number of nitrogens with zero attached hydrogens (tertiary/aromatic N) is 2. The molecule has 0 aliphatic heterocycles. The number of carbonyl (C=O) groups excluding carboxylic acids is 2. The van der Waals surface area contributed by atoms with Crippen LogP contribution in [0.25, 0.3) is 0 Å². The molecule has 36 heavy (non-hydrogen) atoms. The van der Waals surface area contributed by atoms with Crippen LogP contribution in [0, 0.1) is 27.7 Å². The highest BCUT2D eigenvalue weighted by Gasteiger charge is 2.36. The molecule has 0 spiro atoms. The van der Waals surface area contributed by atoms with Gasteiger partial charge in [-0.25, -0.2) is 4.98 Å². The van der Waals surface area contributed by atoms with E-state index in [1.807, 2.05) is 70.2 Å². The van der Waals surface area contributed by atoms with Crippen molar-refractivity contribution in [1.29, 1.82) is 0 Å². The summed E-state index contributed by atoms with van der Waals surface area (Å²) in [4.78, 5) is 35.0. The maximum Gasteiger partial charge on any atom is 0.271 e. The van der Waals surface area contributed by atoms with Gasteiger partial charge in [-0.3, -0.25) is 14.5 Å². The van der Waals surface area contributed by atoms with Gasteiger partial charge in [-0.15, -0.1) is 11.3 Å². The van der Waals surface area contributed by atoms with Gasteiger partial charge in [-0.05, 0) is 75.4 Å². The zero-order valence-electron chi connectivity index (χ0n) is 21.8.